The fourth-order valence-corrected chi connectivity index (χ4v) is 4.66. The molecule has 0 spiro atoms. The molecule has 4 aromatic rings. The molecule has 0 aliphatic heterocycles. The summed E-state index contributed by atoms with van der Waals surface area (Å²) in [5, 5.41) is 20.1. The molecule has 200 valence electrons. The third-order valence-electron chi connectivity index (χ3n) is 6.95. The maximum Gasteiger partial charge on any atom is 0.173 e. The summed E-state index contributed by atoms with van der Waals surface area (Å²) >= 11 is 0. The molecular formula is C35H32N2O3. The van der Waals surface area contributed by atoms with Gasteiger partial charge in [0.15, 0.2) is 5.78 Å². The highest BCUT2D eigenvalue weighted by Gasteiger charge is 2.46. The van der Waals surface area contributed by atoms with E-state index in [9.17, 15) is 15.3 Å². The molecule has 0 heterocycles. The van der Waals surface area contributed by atoms with Gasteiger partial charge < -0.3 is 9.47 Å². The minimum absolute atomic E-state index is 0.199. The van der Waals surface area contributed by atoms with E-state index in [2.05, 4.69) is 12.1 Å². The van der Waals surface area contributed by atoms with E-state index in [-0.39, 0.29) is 18.6 Å². The van der Waals surface area contributed by atoms with Crippen molar-refractivity contribution in [1.82, 2.24) is 0 Å². The van der Waals surface area contributed by atoms with Crippen LogP contribution in [0.5, 0.6) is 11.5 Å². The molecule has 0 fully saturated rings. The van der Waals surface area contributed by atoms with Gasteiger partial charge in [-0.15, -0.1) is 0 Å². The van der Waals surface area contributed by atoms with Crippen molar-refractivity contribution in [3.8, 4) is 23.6 Å². The first-order chi connectivity index (χ1) is 19.3. The normalized spacial score (nSPS) is 13.6. The topological polar surface area (TPSA) is 83.1 Å². The lowest BCUT2D eigenvalue weighted by atomic mass is 9.68. The molecule has 0 saturated carbocycles. The zero-order valence-electron chi connectivity index (χ0n) is 22.8. The lowest BCUT2D eigenvalue weighted by Crippen LogP contribution is -2.41. The van der Waals surface area contributed by atoms with Gasteiger partial charge in [0, 0.05) is 0 Å². The van der Waals surface area contributed by atoms with Crippen LogP contribution < -0.4 is 9.47 Å². The highest BCUT2D eigenvalue weighted by Crippen LogP contribution is 2.35. The van der Waals surface area contributed by atoms with Gasteiger partial charge in [-0.2, -0.15) is 10.5 Å². The predicted octanol–water partition coefficient (Wildman–Crippen LogP) is 7.26. The van der Waals surface area contributed by atoms with Gasteiger partial charge in [0.25, 0.3) is 0 Å². The van der Waals surface area contributed by atoms with Crippen LogP contribution in [0.25, 0.3) is 0 Å². The van der Waals surface area contributed by atoms with Crippen molar-refractivity contribution in [2.75, 3.05) is 0 Å². The number of carbonyl (C=O) groups is 1. The highest BCUT2D eigenvalue weighted by atomic mass is 16.5. The van der Waals surface area contributed by atoms with E-state index in [0.29, 0.717) is 24.7 Å². The Labute approximate surface area is 236 Å². The van der Waals surface area contributed by atoms with Crippen LogP contribution in [-0.2, 0) is 30.8 Å². The maximum absolute atomic E-state index is 13.7. The molecule has 0 bridgehead atoms. The Bertz CT molecular complexity index is 1370. The van der Waals surface area contributed by atoms with E-state index >= 15 is 0 Å². The van der Waals surface area contributed by atoms with Gasteiger partial charge in [-0.1, -0.05) is 84.9 Å². The van der Waals surface area contributed by atoms with Crippen molar-refractivity contribution >= 4 is 5.78 Å². The molecule has 0 aromatic heterocycles. The minimum Gasteiger partial charge on any atom is -0.489 e. The zero-order chi connectivity index (χ0) is 28.4. The van der Waals surface area contributed by atoms with Crippen molar-refractivity contribution < 1.29 is 14.3 Å². The van der Waals surface area contributed by atoms with Crippen LogP contribution in [-0.4, -0.2) is 5.78 Å². The molecule has 0 saturated heterocycles. The van der Waals surface area contributed by atoms with Crippen molar-refractivity contribution in [1.29, 1.82) is 10.5 Å². The van der Waals surface area contributed by atoms with Crippen molar-refractivity contribution in [2.24, 2.45) is 10.8 Å². The number of benzene rings is 4. The summed E-state index contributed by atoms with van der Waals surface area (Å²) in [7, 11) is 0. The zero-order valence-corrected chi connectivity index (χ0v) is 22.8. The Kier molecular flexibility index (Phi) is 9.00. The van der Waals surface area contributed by atoms with Gasteiger partial charge in [-0.05, 0) is 73.2 Å². The first-order valence-corrected chi connectivity index (χ1v) is 13.2. The Morgan fingerprint density at radius 2 is 0.925 bits per heavy atom. The van der Waals surface area contributed by atoms with E-state index in [4.69, 9.17) is 9.47 Å². The largest absolute Gasteiger partial charge is 0.489 e. The van der Waals surface area contributed by atoms with E-state index in [1.54, 1.807) is 13.8 Å². The predicted molar refractivity (Wildman–Crippen MR) is 154 cm³/mol. The van der Waals surface area contributed by atoms with Crippen molar-refractivity contribution in [3.05, 3.63) is 131 Å². The first-order valence-electron chi connectivity index (χ1n) is 13.2. The molecule has 2 unspecified atom stereocenters. The number of hydrogen-bond acceptors (Lipinski definition) is 5. The second-order valence-electron chi connectivity index (χ2n) is 10.4. The first kappa shape index (κ1) is 28.1. The fourth-order valence-electron chi connectivity index (χ4n) is 4.66. The second-order valence-corrected chi connectivity index (χ2v) is 10.4. The summed E-state index contributed by atoms with van der Waals surface area (Å²) < 4.78 is 11.7. The van der Waals surface area contributed by atoms with Crippen LogP contribution in [0.3, 0.4) is 0 Å². The number of ketones is 1. The molecule has 0 radical (unpaired) electrons. The third kappa shape index (κ3) is 7.16. The van der Waals surface area contributed by atoms with Crippen LogP contribution in [0.2, 0.25) is 0 Å². The fraction of sp³-hybridized carbons (Fsp3) is 0.229. The molecule has 0 amide bonds. The number of rotatable bonds is 12. The minimum atomic E-state index is -1.37. The quantitative estimate of drug-likeness (QED) is 0.193. The molecule has 40 heavy (non-hydrogen) atoms. The van der Waals surface area contributed by atoms with E-state index in [1.807, 2.05) is 109 Å². The Morgan fingerprint density at radius 3 is 1.25 bits per heavy atom. The number of nitriles is 2. The SMILES string of the molecule is CC(C#N)(Cc1ccc(OCc2ccccc2)cc1)C(=O)C(C)(C#N)Cc1ccc(OCc2ccccc2)cc1. The summed E-state index contributed by atoms with van der Waals surface area (Å²) in [5.41, 5.74) is 1.05. The molecule has 4 rings (SSSR count). The molecule has 0 N–H and O–H groups in total. The monoisotopic (exact) mass is 528 g/mol. The Morgan fingerprint density at radius 1 is 0.575 bits per heavy atom. The molecule has 2 atom stereocenters. The van der Waals surface area contributed by atoms with Gasteiger partial charge in [-0.3, -0.25) is 4.79 Å². The van der Waals surface area contributed by atoms with Gasteiger partial charge in [0.2, 0.25) is 0 Å². The van der Waals surface area contributed by atoms with Gasteiger partial charge >= 0.3 is 0 Å². The molecule has 5 heteroatoms. The molecule has 0 aliphatic rings. The smallest absolute Gasteiger partial charge is 0.173 e. The van der Waals surface area contributed by atoms with E-state index < -0.39 is 10.8 Å². The molecule has 0 aliphatic carbocycles. The summed E-state index contributed by atoms with van der Waals surface area (Å²) in [6, 6.07) is 39.0. The number of Topliss-reactive ketones (excluding diaryl/α,β-unsaturated/α-hetero) is 1. The Balaban J connectivity index is 1.39. The Hall–Kier alpha value is -4.87. The summed E-state index contributed by atoms with van der Waals surface area (Å²) in [6.45, 7) is 4.14. The third-order valence-corrected chi connectivity index (χ3v) is 6.95. The lowest BCUT2D eigenvalue weighted by molar-refractivity contribution is -0.132. The van der Waals surface area contributed by atoms with Crippen molar-refractivity contribution in [3.63, 3.8) is 0 Å². The van der Waals surface area contributed by atoms with Gasteiger partial charge in [-0.25, -0.2) is 0 Å². The number of carbonyl (C=O) groups excluding carboxylic acids is 1. The number of nitrogens with zero attached hydrogens (tertiary/aromatic N) is 2. The van der Waals surface area contributed by atoms with E-state index in [0.717, 1.165) is 22.3 Å². The summed E-state index contributed by atoms with van der Waals surface area (Å²) in [6.07, 6.45) is 0.398. The van der Waals surface area contributed by atoms with Crippen LogP contribution in [0.4, 0.5) is 0 Å². The molecule has 4 aromatic carbocycles. The van der Waals surface area contributed by atoms with Crippen LogP contribution in [0, 0.1) is 33.5 Å². The summed E-state index contributed by atoms with van der Waals surface area (Å²) in [5.74, 6) is 1.02. The van der Waals surface area contributed by atoms with Crippen LogP contribution in [0.1, 0.15) is 36.1 Å². The second kappa shape index (κ2) is 12.8. The van der Waals surface area contributed by atoms with E-state index in [1.165, 1.54) is 0 Å². The van der Waals surface area contributed by atoms with Crippen LogP contribution >= 0.6 is 0 Å². The molecule has 5 nitrogen and oxygen atoms in total. The van der Waals surface area contributed by atoms with Gasteiger partial charge in [0.05, 0.1) is 12.1 Å². The standard InChI is InChI=1S/C35H32N2O3/c1-34(25-36,21-27-13-17-31(18-14-27)39-23-29-9-5-3-6-10-29)33(38)35(2,26-37)22-28-15-19-32(20-16-28)40-24-30-11-7-4-8-12-30/h3-20H,21-24H2,1-2H3. The summed E-state index contributed by atoms with van der Waals surface area (Å²) in [4.78, 5) is 13.7. The van der Waals surface area contributed by atoms with Gasteiger partial charge in [0.1, 0.15) is 35.5 Å². The maximum atomic E-state index is 13.7. The highest BCUT2D eigenvalue weighted by molar-refractivity contribution is 5.94. The average molecular weight is 529 g/mol. The lowest BCUT2D eigenvalue weighted by Gasteiger charge is -2.29. The number of hydrogen-bond donors (Lipinski definition) is 0. The van der Waals surface area contributed by atoms with Crippen molar-refractivity contribution in [2.45, 2.75) is 39.9 Å². The molecular weight excluding hydrogens is 496 g/mol. The number of ether oxygens (including phenoxy) is 2. The van der Waals surface area contributed by atoms with Crippen LogP contribution in [0.15, 0.2) is 109 Å². The average Bonchev–Trinajstić information content (AvgIpc) is 3.01.